The van der Waals surface area contributed by atoms with Crippen LogP contribution in [0.3, 0.4) is 0 Å². The lowest BCUT2D eigenvalue weighted by molar-refractivity contribution is 1.19. The zero-order valence-corrected chi connectivity index (χ0v) is 18.3. The third kappa shape index (κ3) is 2.54. The molecule has 0 spiro atoms. The Balaban J connectivity index is 1.83. The average molecular weight is 503 g/mol. The molecule has 0 saturated carbocycles. The quantitative estimate of drug-likeness (QED) is 0.215. The number of fused-ring (bicyclic) bond motifs is 4. The van der Waals surface area contributed by atoms with Crippen molar-refractivity contribution in [1.82, 2.24) is 9.97 Å². The van der Waals surface area contributed by atoms with E-state index in [1.807, 2.05) is 18.3 Å². The number of nitrogens with zero attached hydrogens (tertiary/aromatic N) is 3. The van der Waals surface area contributed by atoms with Crippen LogP contribution in [0.1, 0.15) is 0 Å². The molecule has 1 aliphatic rings. The van der Waals surface area contributed by atoms with Crippen molar-refractivity contribution in [1.29, 1.82) is 0 Å². The highest BCUT2D eigenvalue weighted by Crippen LogP contribution is 2.50. The van der Waals surface area contributed by atoms with Crippen LogP contribution in [0.4, 0.5) is 17.2 Å². The number of halogens is 2. The van der Waals surface area contributed by atoms with E-state index in [1.165, 1.54) is 0 Å². The van der Waals surface area contributed by atoms with Crippen molar-refractivity contribution in [2.45, 2.75) is 0 Å². The Kier molecular flexibility index (Phi) is 3.76. The summed E-state index contributed by atoms with van der Waals surface area (Å²) in [6, 6.07) is 25.0. The van der Waals surface area contributed by atoms with Crippen LogP contribution in [-0.2, 0) is 0 Å². The Labute approximate surface area is 184 Å². The van der Waals surface area contributed by atoms with E-state index in [2.05, 4.69) is 97.4 Å². The van der Waals surface area contributed by atoms with Crippen molar-refractivity contribution in [3.63, 3.8) is 0 Å². The lowest BCUT2D eigenvalue weighted by atomic mass is 9.95. The Bertz CT molecular complexity index is 1430. The van der Waals surface area contributed by atoms with Gasteiger partial charge in [0.2, 0.25) is 0 Å². The highest BCUT2D eigenvalue weighted by atomic mass is 79.9. The zero-order valence-electron chi connectivity index (χ0n) is 15.1. The molecular formula is C24H13Br2N3. The lowest BCUT2D eigenvalue weighted by Crippen LogP contribution is -2.17. The molecule has 3 aromatic carbocycles. The number of rotatable bonds is 1. The Morgan fingerprint density at radius 3 is 2.41 bits per heavy atom. The molecule has 0 atom stereocenters. The molecule has 0 aliphatic carbocycles. The first kappa shape index (κ1) is 17.1. The highest BCUT2D eigenvalue weighted by Gasteiger charge is 2.29. The molecule has 29 heavy (non-hydrogen) atoms. The molecule has 0 amide bonds. The van der Waals surface area contributed by atoms with Crippen molar-refractivity contribution in [2.24, 2.45) is 0 Å². The van der Waals surface area contributed by atoms with Gasteiger partial charge in [0.05, 0.1) is 22.3 Å². The molecule has 0 radical (unpaired) electrons. The number of para-hydroxylation sites is 1. The third-order valence-electron chi connectivity index (χ3n) is 5.33. The van der Waals surface area contributed by atoms with Gasteiger partial charge in [-0.3, -0.25) is 9.88 Å². The van der Waals surface area contributed by atoms with Gasteiger partial charge < -0.3 is 0 Å². The van der Waals surface area contributed by atoms with Crippen LogP contribution in [-0.4, -0.2) is 9.97 Å². The number of hydrogen-bond acceptors (Lipinski definition) is 3. The van der Waals surface area contributed by atoms with Crippen molar-refractivity contribution < 1.29 is 0 Å². The number of benzene rings is 3. The molecule has 3 heterocycles. The van der Waals surface area contributed by atoms with Gasteiger partial charge in [-0.05, 0) is 60.0 Å². The number of hydrogen-bond donors (Lipinski definition) is 0. The fourth-order valence-corrected chi connectivity index (χ4v) is 4.84. The van der Waals surface area contributed by atoms with Gasteiger partial charge in [-0.25, -0.2) is 4.98 Å². The Morgan fingerprint density at radius 1 is 0.759 bits per heavy atom. The SMILES string of the molecule is Brc1ccc2c(c1)-c1nccc3c1c(nc1ccc(Br)cc13)N2c1ccccc1. The minimum absolute atomic E-state index is 0.916. The van der Waals surface area contributed by atoms with Gasteiger partial charge in [0.1, 0.15) is 5.82 Å². The lowest BCUT2D eigenvalue weighted by Gasteiger charge is -2.32. The molecule has 0 unspecified atom stereocenters. The topological polar surface area (TPSA) is 29.0 Å². The minimum Gasteiger partial charge on any atom is -0.294 e. The maximum atomic E-state index is 5.11. The van der Waals surface area contributed by atoms with Crippen LogP contribution in [0.2, 0.25) is 0 Å². The summed E-state index contributed by atoms with van der Waals surface area (Å²) in [5.41, 5.74) is 5.19. The molecular weight excluding hydrogens is 490 g/mol. The van der Waals surface area contributed by atoms with Crippen LogP contribution in [0, 0.1) is 0 Å². The van der Waals surface area contributed by atoms with Gasteiger partial charge in [0.15, 0.2) is 0 Å². The fraction of sp³-hybridized carbons (Fsp3) is 0. The second kappa shape index (κ2) is 6.37. The van der Waals surface area contributed by atoms with Crippen LogP contribution in [0.25, 0.3) is 32.9 Å². The number of pyridine rings is 2. The summed E-state index contributed by atoms with van der Waals surface area (Å²) in [7, 11) is 0. The second-order valence-corrected chi connectivity index (χ2v) is 8.84. The first-order valence-corrected chi connectivity index (χ1v) is 10.8. The Morgan fingerprint density at radius 2 is 1.55 bits per heavy atom. The minimum atomic E-state index is 0.916. The molecule has 6 rings (SSSR count). The van der Waals surface area contributed by atoms with Gasteiger partial charge in [-0.15, -0.1) is 0 Å². The van der Waals surface area contributed by atoms with Crippen molar-refractivity contribution in [3.05, 3.63) is 87.9 Å². The summed E-state index contributed by atoms with van der Waals surface area (Å²) in [5.74, 6) is 0.916. The molecule has 5 aromatic rings. The van der Waals surface area contributed by atoms with E-state index >= 15 is 0 Å². The van der Waals surface area contributed by atoms with E-state index in [-0.39, 0.29) is 0 Å². The molecule has 0 saturated heterocycles. The fourth-order valence-electron chi connectivity index (χ4n) is 4.12. The summed E-state index contributed by atoms with van der Waals surface area (Å²) >= 11 is 7.25. The first-order valence-electron chi connectivity index (χ1n) is 9.24. The molecule has 138 valence electrons. The number of anilines is 3. The van der Waals surface area contributed by atoms with Crippen LogP contribution >= 0.6 is 31.9 Å². The van der Waals surface area contributed by atoms with Gasteiger partial charge in [0, 0.05) is 31.8 Å². The van der Waals surface area contributed by atoms with E-state index in [9.17, 15) is 0 Å². The zero-order chi connectivity index (χ0) is 19.5. The molecule has 3 nitrogen and oxygen atoms in total. The summed E-state index contributed by atoms with van der Waals surface area (Å²) in [6.45, 7) is 0. The molecule has 2 aromatic heterocycles. The van der Waals surface area contributed by atoms with E-state index in [0.717, 1.165) is 59.1 Å². The van der Waals surface area contributed by atoms with Gasteiger partial charge in [0.25, 0.3) is 0 Å². The van der Waals surface area contributed by atoms with Crippen LogP contribution < -0.4 is 4.90 Å². The second-order valence-electron chi connectivity index (χ2n) is 7.01. The smallest absolute Gasteiger partial charge is 0.148 e. The highest BCUT2D eigenvalue weighted by molar-refractivity contribution is 9.10. The summed E-state index contributed by atoms with van der Waals surface area (Å²) in [5, 5.41) is 3.35. The van der Waals surface area contributed by atoms with Crippen LogP contribution in [0.5, 0.6) is 0 Å². The van der Waals surface area contributed by atoms with E-state index in [0.29, 0.717) is 0 Å². The maximum Gasteiger partial charge on any atom is 0.148 e. The Hall–Kier alpha value is -2.76. The normalized spacial score (nSPS) is 12.4. The predicted molar refractivity (Wildman–Crippen MR) is 126 cm³/mol. The van der Waals surface area contributed by atoms with Gasteiger partial charge in [-0.1, -0.05) is 50.1 Å². The van der Waals surface area contributed by atoms with Gasteiger partial charge >= 0.3 is 0 Å². The molecule has 5 heteroatoms. The summed E-state index contributed by atoms with van der Waals surface area (Å²) in [6.07, 6.45) is 1.89. The van der Waals surface area contributed by atoms with Crippen molar-refractivity contribution in [3.8, 4) is 11.3 Å². The predicted octanol–water partition coefficient (Wildman–Crippen LogP) is 7.76. The summed E-state index contributed by atoms with van der Waals surface area (Å²) < 4.78 is 2.07. The molecule has 0 N–H and O–H groups in total. The van der Waals surface area contributed by atoms with Gasteiger partial charge in [-0.2, -0.15) is 0 Å². The van der Waals surface area contributed by atoms with E-state index in [1.54, 1.807) is 0 Å². The average Bonchev–Trinajstić information content (AvgIpc) is 2.75. The third-order valence-corrected chi connectivity index (χ3v) is 6.32. The van der Waals surface area contributed by atoms with Crippen LogP contribution in [0.15, 0.2) is 87.9 Å². The van der Waals surface area contributed by atoms with E-state index < -0.39 is 0 Å². The van der Waals surface area contributed by atoms with Crippen molar-refractivity contribution >= 4 is 70.7 Å². The number of aromatic nitrogens is 2. The molecule has 0 bridgehead atoms. The largest absolute Gasteiger partial charge is 0.294 e. The monoisotopic (exact) mass is 501 g/mol. The standard InChI is InChI=1S/C24H13Br2N3/c25-14-6-8-20-18(12-14)17-10-11-27-23-19-13-15(26)7-9-21(19)29(24(28-20)22(17)23)16-4-2-1-3-5-16/h1-13H. The molecule has 1 aliphatic heterocycles. The summed E-state index contributed by atoms with van der Waals surface area (Å²) in [4.78, 5) is 12.1. The van der Waals surface area contributed by atoms with E-state index in [4.69, 9.17) is 9.97 Å². The van der Waals surface area contributed by atoms with Crippen molar-refractivity contribution in [2.75, 3.05) is 4.90 Å². The maximum absolute atomic E-state index is 5.11. The first-order chi connectivity index (χ1) is 14.2. The molecule has 0 fully saturated rings.